The Hall–Kier alpha value is -0.452. The van der Waals surface area contributed by atoms with E-state index in [2.05, 4.69) is 0 Å². The number of aliphatic carboxylic acids is 2. The molecule has 1 aliphatic carbocycles. The van der Waals surface area contributed by atoms with E-state index in [9.17, 15) is 9.59 Å². The summed E-state index contributed by atoms with van der Waals surface area (Å²) in [4.78, 5) is 18.9. The molecule has 1 rings (SSSR count). The molecular weight excluding hydrogens is 395 g/mol. The normalized spacial score (nSPS) is 23.4. The predicted octanol–water partition coefficient (Wildman–Crippen LogP) is -0.242. The Kier molecular flexibility index (Phi) is 10.9. The summed E-state index contributed by atoms with van der Waals surface area (Å²) in [6.45, 7) is 0. The van der Waals surface area contributed by atoms with E-state index < -0.39 is 18.4 Å². The fourth-order valence-electron chi connectivity index (χ4n) is 1.32. The van der Waals surface area contributed by atoms with Gasteiger partial charge in [-0.05, 0) is 12.8 Å². The third-order valence-corrected chi connectivity index (χ3v) is 2.18. The van der Waals surface area contributed by atoms with E-state index in [-0.39, 0.29) is 33.1 Å². The fourth-order valence-corrected chi connectivity index (χ4v) is 1.32. The van der Waals surface area contributed by atoms with E-state index >= 15 is 0 Å². The molecule has 0 radical (unpaired) electrons. The van der Waals surface area contributed by atoms with Crippen LogP contribution in [0.3, 0.4) is 0 Å². The van der Waals surface area contributed by atoms with Crippen molar-refractivity contribution in [2.45, 2.75) is 44.2 Å². The van der Waals surface area contributed by atoms with Gasteiger partial charge in [-0.15, -0.1) is 0 Å². The van der Waals surface area contributed by atoms with E-state index in [1.165, 1.54) is 12.8 Å². The van der Waals surface area contributed by atoms with Crippen molar-refractivity contribution in [3.8, 4) is 0 Å². The maximum Gasteiger partial charge on any atom is 0.314 e. The molecule has 1 aliphatic rings. The number of hydrogen-bond donors (Lipinski definition) is 4. The molecule has 6 nitrogen and oxygen atoms in total. The van der Waals surface area contributed by atoms with Gasteiger partial charge in [0.25, 0.3) is 0 Å². The Balaban J connectivity index is 0. The topological polar surface area (TPSA) is 127 Å². The predicted molar refractivity (Wildman–Crippen MR) is 54.3 cm³/mol. The minimum Gasteiger partial charge on any atom is -0.481 e. The van der Waals surface area contributed by atoms with Crippen LogP contribution in [0.4, 0.5) is 0 Å². The molecule has 2 unspecified atom stereocenters. The van der Waals surface area contributed by atoms with E-state index in [1.54, 1.807) is 0 Å². The molecule has 0 saturated heterocycles. The molecule has 0 aromatic heterocycles. The second-order valence-corrected chi connectivity index (χ2v) is 3.58. The molecule has 7 heteroatoms. The van der Waals surface area contributed by atoms with Crippen LogP contribution in [-0.4, -0.2) is 34.2 Å². The summed E-state index contributed by atoms with van der Waals surface area (Å²) in [5.74, 6) is -2.62. The molecule has 0 aromatic carbocycles. The van der Waals surface area contributed by atoms with Crippen LogP contribution in [0.5, 0.6) is 0 Å². The molecule has 0 amide bonds. The van der Waals surface area contributed by atoms with Crippen molar-refractivity contribution in [3.05, 3.63) is 0 Å². The zero-order valence-corrected chi connectivity index (χ0v) is 11.1. The minimum atomic E-state index is -1.31. The third-order valence-electron chi connectivity index (χ3n) is 2.18. The van der Waals surface area contributed by atoms with Crippen LogP contribution in [0.15, 0.2) is 0 Å². The maximum absolute atomic E-state index is 9.43. The van der Waals surface area contributed by atoms with Gasteiger partial charge >= 0.3 is 11.9 Å². The Morgan fingerprint density at radius 2 is 1.31 bits per heavy atom. The molecule has 0 bridgehead atoms. The first-order valence-electron chi connectivity index (χ1n) is 4.88. The van der Waals surface area contributed by atoms with Crippen LogP contribution in [-0.2, 0) is 30.7 Å². The van der Waals surface area contributed by atoms with Crippen molar-refractivity contribution in [1.29, 1.82) is 0 Å². The maximum atomic E-state index is 9.43. The molecule has 2 atom stereocenters. The van der Waals surface area contributed by atoms with Crippen molar-refractivity contribution in [2.75, 3.05) is 0 Å². The molecule has 0 spiro atoms. The molecular formula is C9H18N2O4Pt. The Bertz CT molecular complexity index is 204. The Morgan fingerprint density at radius 3 is 1.44 bits per heavy atom. The van der Waals surface area contributed by atoms with Crippen LogP contribution >= 0.6 is 0 Å². The average Bonchev–Trinajstić information content (AvgIpc) is 2.08. The summed E-state index contributed by atoms with van der Waals surface area (Å²) < 4.78 is 0. The van der Waals surface area contributed by atoms with Crippen molar-refractivity contribution in [3.63, 3.8) is 0 Å². The molecule has 0 heterocycles. The number of hydrogen-bond acceptors (Lipinski definition) is 4. The van der Waals surface area contributed by atoms with Crippen LogP contribution in [0, 0.1) is 0 Å². The largest absolute Gasteiger partial charge is 0.481 e. The van der Waals surface area contributed by atoms with Crippen LogP contribution in [0.25, 0.3) is 0 Å². The number of carboxylic acid groups (broad SMARTS) is 2. The molecule has 0 aromatic rings. The smallest absolute Gasteiger partial charge is 0.314 e. The first-order valence-corrected chi connectivity index (χ1v) is 4.88. The summed E-state index contributed by atoms with van der Waals surface area (Å²) in [7, 11) is 0. The molecule has 98 valence electrons. The zero-order chi connectivity index (χ0) is 11.8. The number of rotatable bonds is 2. The molecule has 0 aliphatic heterocycles. The fraction of sp³-hybridized carbons (Fsp3) is 0.778. The van der Waals surface area contributed by atoms with Crippen LogP contribution < -0.4 is 11.5 Å². The Labute approximate surface area is 109 Å². The van der Waals surface area contributed by atoms with Crippen molar-refractivity contribution in [2.24, 2.45) is 11.5 Å². The first kappa shape index (κ1) is 17.9. The summed E-state index contributed by atoms with van der Waals surface area (Å²) in [6, 6.07) is 0.562. The monoisotopic (exact) mass is 413 g/mol. The van der Waals surface area contributed by atoms with E-state index in [1.807, 2.05) is 0 Å². The van der Waals surface area contributed by atoms with Gasteiger partial charge in [0.1, 0.15) is 6.42 Å². The molecule has 16 heavy (non-hydrogen) atoms. The number of nitrogens with two attached hydrogens (primary N) is 2. The van der Waals surface area contributed by atoms with Gasteiger partial charge in [0, 0.05) is 33.1 Å². The van der Waals surface area contributed by atoms with Gasteiger partial charge in [0.2, 0.25) is 0 Å². The van der Waals surface area contributed by atoms with Gasteiger partial charge in [-0.25, -0.2) is 0 Å². The van der Waals surface area contributed by atoms with E-state index in [4.69, 9.17) is 21.7 Å². The minimum absolute atomic E-state index is 0. The van der Waals surface area contributed by atoms with Crippen LogP contribution in [0.1, 0.15) is 32.1 Å². The molecule has 1 saturated carbocycles. The van der Waals surface area contributed by atoms with Gasteiger partial charge in [-0.3, -0.25) is 9.59 Å². The van der Waals surface area contributed by atoms with Crippen molar-refractivity contribution in [1.82, 2.24) is 0 Å². The van der Waals surface area contributed by atoms with Gasteiger partial charge in [0.15, 0.2) is 0 Å². The zero-order valence-electron chi connectivity index (χ0n) is 8.87. The van der Waals surface area contributed by atoms with Gasteiger partial charge < -0.3 is 21.7 Å². The van der Waals surface area contributed by atoms with Crippen molar-refractivity contribution >= 4 is 11.9 Å². The van der Waals surface area contributed by atoms with E-state index in [0.717, 1.165) is 12.8 Å². The molecule has 1 fully saturated rings. The molecule has 6 N–H and O–H groups in total. The standard InChI is InChI=1S/C6H14N2.C3H4O4.Pt/c7-5-3-1-2-4-6(5)8;4-2(5)1-3(6)7;/h5-6H,1-4,7-8H2;1H2,(H,4,5)(H,6,7);. The second kappa shape index (κ2) is 9.75. The third kappa shape index (κ3) is 10.1. The van der Waals surface area contributed by atoms with Gasteiger partial charge in [0.05, 0.1) is 0 Å². The summed E-state index contributed by atoms with van der Waals surface area (Å²) in [5.41, 5.74) is 11.3. The van der Waals surface area contributed by atoms with Gasteiger partial charge in [-0.1, -0.05) is 12.8 Å². The first-order chi connectivity index (χ1) is 6.93. The average molecular weight is 413 g/mol. The van der Waals surface area contributed by atoms with Gasteiger partial charge in [-0.2, -0.15) is 0 Å². The Morgan fingerprint density at radius 1 is 1.00 bits per heavy atom. The SMILES string of the molecule is NC1CCCCC1N.O=C(O)CC(=O)O.[Pt]. The quantitative estimate of drug-likeness (QED) is 0.463. The summed E-state index contributed by atoms with van der Waals surface area (Å²) >= 11 is 0. The number of carbonyl (C=O) groups is 2. The number of carboxylic acids is 2. The second-order valence-electron chi connectivity index (χ2n) is 3.58. The van der Waals surface area contributed by atoms with E-state index in [0.29, 0.717) is 0 Å². The van der Waals surface area contributed by atoms with Crippen molar-refractivity contribution < 1.29 is 40.9 Å². The summed E-state index contributed by atoms with van der Waals surface area (Å²) in [5, 5.41) is 15.4. The van der Waals surface area contributed by atoms with Crippen LogP contribution in [0.2, 0.25) is 0 Å². The summed E-state index contributed by atoms with van der Waals surface area (Å²) in [6.07, 6.45) is 3.99.